The average Bonchev–Trinajstić information content (AvgIpc) is 2.34. The van der Waals surface area contributed by atoms with Crippen LogP contribution in [-0.4, -0.2) is 23.5 Å². The first-order valence-electron chi connectivity index (χ1n) is 3.27. The molecule has 0 aromatic carbocycles. The van der Waals surface area contributed by atoms with Gasteiger partial charge in [0.25, 0.3) is 0 Å². The summed E-state index contributed by atoms with van der Waals surface area (Å²) in [6.45, 7) is 0.712. The molecule has 0 aromatic heterocycles. The Morgan fingerprint density at radius 3 is 2.73 bits per heavy atom. The maximum atomic E-state index is 10.9. The van der Waals surface area contributed by atoms with Crippen LogP contribution in [0.3, 0.4) is 0 Å². The molecule has 1 heterocycles. The summed E-state index contributed by atoms with van der Waals surface area (Å²) >= 11 is 0. The molecule has 2 N–H and O–H groups in total. The van der Waals surface area contributed by atoms with E-state index in [9.17, 15) is 4.79 Å². The van der Waals surface area contributed by atoms with E-state index in [1.807, 2.05) is 0 Å². The number of amides is 1. The molecule has 0 radical (unpaired) electrons. The Labute approximate surface area is 72.3 Å². The molecule has 0 spiro atoms. The molecule has 1 rings (SSSR count). The Balaban J connectivity index is 0.000001000. The lowest BCUT2D eigenvalue weighted by Gasteiger charge is -2.18. The van der Waals surface area contributed by atoms with Crippen molar-refractivity contribution in [1.82, 2.24) is 4.90 Å². The molecule has 1 amide bonds. The number of likely N-dealkylation sites (tertiary alicyclic amines) is 1. The lowest BCUT2D eigenvalue weighted by atomic mass is 10.4. The summed E-state index contributed by atoms with van der Waals surface area (Å²) in [5.41, 5.74) is 5.44. The fourth-order valence-corrected chi connectivity index (χ4v) is 1.05. The highest BCUT2D eigenvalue weighted by Crippen LogP contribution is 2.10. The zero-order chi connectivity index (χ0) is 7.56. The predicted octanol–water partition coefficient (Wildman–Crippen LogP) is -0.0514. The molecule has 1 aliphatic heterocycles. The van der Waals surface area contributed by atoms with Gasteiger partial charge < -0.3 is 10.6 Å². The van der Waals surface area contributed by atoms with E-state index in [1.165, 1.54) is 4.90 Å². The second kappa shape index (κ2) is 4.22. The van der Waals surface area contributed by atoms with Crippen LogP contribution in [0, 0.1) is 12.3 Å². The molecule has 0 aromatic rings. The highest BCUT2D eigenvalue weighted by Gasteiger charge is 2.23. The zero-order valence-corrected chi connectivity index (χ0v) is 6.93. The van der Waals surface area contributed by atoms with E-state index in [0.717, 1.165) is 6.42 Å². The Morgan fingerprint density at radius 2 is 2.36 bits per heavy atom. The Bertz CT molecular complexity index is 187. The Morgan fingerprint density at radius 1 is 1.73 bits per heavy atom. The van der Waals surface area contributed by atoms with Crippen LogP contribution in [0.2, 0.25) is 0 Å². The van der Waals surface area contributed by atoms with E-state index >= 15 is 0 Å². The third kappa shape index (κ3) is 2.11. The van der Waals surface area contributed by atoms with Crippen molar-refractivity contribution >= 4 is 18.3 Å². The molecular formula is C7H11ClN2O. The summed E-state index contributed by atoms with van der Waals surface area (Å²) in [6, 6.07) is 0. The van der Waals surface area contributed by atoms with Crippen molar-refractivity contribution in [3.63, 3.8) is 0 Å². The van der Waals surface area contributed by atoms with Gasteiger partial charge in [-0.3, -0.25) is 4.79 Å². The van der Waals surface area contributed by atoms with Crippen LogP contribution in [0.5, 0.6) is 0 Å². The van der Waals surface area contributed by atoms with E-state index in [0.29, 0.717) is 13.0 Å². The van der Waals surface area contributed by atoms with Crippen molar-refractivity contribution in [1.29, 1.82) is 0 Å². The minimum Gasteiger partial charge on any atom is -0.316 e. The minimum atomic E-state index is -0.519. The summed E-state index contributed by atoms with van der Waals surface area (Å²) < 4.78 is 0. The van der Waals surface area contributed by atoms with Gasteiger partial charge in [-0.15, -0.1) is 18.8 Å². The summed E-state index contributed by atoms with van der Waals surface area (Å²) in [6.07, 6.45) is 6.00. The number of nitrogens with two attached hydrogens (primary N) is 1. The first kappa shape index (κ1) is 10.3. The molecule has 0 saturated carbocycles. The topological polar surface area (TPSA) is 46.3 Å². The van der Waals surface area contributed by atoms with Crippen molar-refractivity contribution in [3.05, 3.63) is 0 Å². The highest BCUT2D eigenvalue weighted by molar-refractivity contribution is 5.85. The van der Waals surface area contributed by atoms with Crippen LogP contribution in [0.15, 0.2) is 0 Å². The lowest BCUT2D eigenvalue weighted by Crippen LogP contribution is -2.41. The Hall–Kier alpha value is -0.720. The van der Waals surface area contributed by atoms with Gasteiger partial charge in [-0.25, -0.2) is 0 Å². The first-order valence-corrected chi connectivity index (χ1v) is 3.27. The molecule has 1 fully saturated rings. The number of terminal acetylenes is 1. The van der Waals surface area contributed by atoms with Gasteiger partial charge in [-0.1, -0.05) is 5.92 Å². The summed E-state index contributed by atoms with van der Waals surface area (Å²) in [5.74, 6) is 2.39. The van der Waals surface area contributed by atoms with Gasteiger partial charge in [0.05, 0.1) is 0 Å². The van der Waals surface area contributed by atoms with Crippen molar-refractivity contribution in [2.24, 2.45) is 5.73 Å². The summed E-state index contributed by atoms with van der Waals surface area (Å²) in [4.78, 5) is 12.5. The van der Waals surface area contributed by atoms with Crippen molar-refractivity contribution in [2.75, 3.05) is 6.54 Å². The van der Waals surface area contributed by atoms with Gasteiger partial charge in [0.2, 0.25) is 5.91 Å². The van der Waals surface area contributed by atoms with Crippen LogP contribution in [0.1, 0.15) is 12.8 Å². The number of halogens is 1. The molecule has 11 heavy (non-hydrogen) atoms. The Kier molecular flexibility index (Phi) is 3.94. The van der Waals surface area contributed by atoms with E-state index in [1.54, 1.807) is 0 Å². The smallest absolute Gasteiger partial charge is 0.224 e. The molecule has 1 atom stereocenters. The standard InChI is InChI=1S/C7H10N2O.ClH/c1-2-6(8)9-5-3-4-7(9)10;/h1,6H,3-5,8H2;1H. The fourth-order valence-electron chi connectivity index (χ4n) is 1.05. The fraction of sp³-hybridized carbons (Fsp3) is 0.571. The number of carbonyl (C=O) groups excluding carboxylic acids is 1. The van der Waals surface area contributed by atoms with E-state index in [-0.39, 0.29) is 18.3 Å². The van der Waals surface area contributed by atoms with Crippen LogP contribution in [-0.2, 0) is 4.79 Å². The van der Waals surface area contributed by atoms with Gasteiger partial charge >= 0.3 is 0 Å². The molecule has 4 heteroatoms. The van der Waals surface area contributed by atoms with Crippen LogP contribution < -0.4 is 5.73 Å². The largest absolute Gasteiger partial charge is 0.316 e. The number of nitrogens with zero attached hydrogens (tertiary/aromatic N) is 1. The molecule has 0 bridgehead atoms. The molecule has 1 aliphatic rings. The predicted molar refractivity (Wildman–Crippen MR) is 45.0 cm³/mol. The first-order chi connectivity index (χ1) is 4.75. The lowest BCUT2D eigenvalue weighted by molar-refractivity contribution is -0.128. The van der Waals surface area contributed by atoms with Crippen molar-refractivity contribution < 1.29 is 4.79 Å². The molecular weight excluding hydrogens is 164 g/mol. The van der Waals surface area contributed by atoms with Gasteiger partial charge in [0.15, 0.2) is 0 Å². The second-order valence-corrected chi connectivity index (χ2v) is 2.30. The average molecular weight is 175 g/mol. The van der Waals surface area contributed by atoms with Crippen molar-refractivity contribution in [3.8, 4) is 12.3 Å². The molecule has 62 valence electrons. The van der Waals surface area contributed by atoms with E-state index in [2.05, 4.69) is 5.92 Å². The summed E-state index contributed by atoms with van der Waals surface area (Å²) in [7, 11) is 0. The summed E-state index contributed by atoms with van der Waals surface area (Å²) in [5, 5.41) is 0. The van der Waals surface area contributed by atoms with Gasteiger partial charge in [-0.05, 0) is 6.42 Å². The second-order valence-electron chi connectivity index (χ2n) is 2.30. The normalized spacial score (nSPS) is 18.9. The highest BCUT2D eigenvalue weighted by atomic mass is 35.5. The number of hydrogen-bond donors (Lipinski definition) is 1. The zero-order valence-electron chi connectivity index (χ0n) is 6.12. The minimum absolute atomic E-state index is 0. The van der Waals surface area contributed by atoms with Crippen molar-refractivity contribution in [2.45, 2.75) is 19.0 Å². The SMILES string of the molecule is C#CC(N)N1CCCC1=O.Cl. The molecule has 0 aliphatic carbocycles. The monoisotopic (exact) mass is 174 g/mol. The number of rotatable bonds is 1. The maximum Gasteiger partial charge on any atom is 0.224 e. The van der Waals surface area contributed by atoms with Crippen LogP contribution >= 0.6 is 12.4 Å². The van der Waals surface area contributed by atoms with Gasteiger partial charge in [0, 0.05) is 13.0 Å². The van der Waals surface area contributed by atoms with E-state index < -0.39 is 6.17 Å². The third-order valence-electron chi connectivity index (χ3n) is 1.62. The number of hydrogen-bond acceptors (Lipinski definition) is 2. The van der Waals surface area contributed by atoms with Gasteiger partial charge in [-0.2, -0.15) is 0 Å². The quantitative estimate of drug-likeness (QED) is 0.567. The molecule has 1 unspecified atom stereocenters. The maximum absolute atomic E-state index is 10.9. The van der Waals surface area contributed by atoms with Crippen LogP contribution in [0.25, 0.3) is 0 Å². The molecule has 1 saturated heterocycles. The van der Waals surface area contributed by atoms with Gasteiger partial charge in [0.1, 0.15) is 6.17 Å². The molecule has 3 nitrogen and oxygen atoms in total. The van der Waals surface area contributed by atoms with Crippen LogP contribution in [0.4, 0.5) is 0 Å². The van der Waals surface area contributed by atoms with E-state index in [4.69, 9.17) is 12.2 Å². The number of carbonyl (C=O) groups is 1. The third-order valence-corrected chi connectivity index (χ3v) is 1.62.